The number of halogens is 1. The van der Waals surface area contributed by atoms with Gasteiger partial charge in [-0.25, -0.2) is 14.4 Å². The highest BCUT2D eigenvalue weighted by molar-refractivity contribution is 7.22. The van der Waals surface area contributed by atoms with E-state index in [0.29, 0.717) is 11.5 Å². The maximum Gasteiger partial charge on any atom is 0.181 e. The molecule has 1 fully saturated rings. The van der Waals surface area contributed by atoms with E-state index in [-0.39, 0.29) is 5.82 Å². The van der Waals surface area contributed by atoms with Crippen LogP contribution in [0, 0.1) is 5.82 Å². The van der Waals surface area contributed by atoms with Crippen molar-refractivity contribution in [2.75, 3.05) is 36.0 Å². The molecule has 2 aromatic carbocycles. The molecule has 0 amide bonds. The first-order chi connectivity index (χ1) is 16.8. The van der Waals surface area contributed by atoms with Crippen LogP contribution in [0.5, 0.6) is 0 Å². The number of fused-ring (bicyclic) bond motifs is 1. The Morgan fingerprint density at radius 1 is 0.765 bits per heavy atom. The molecule has 5 aromatic rings. The summed E-state index contributed by atoms with van der Waals surface area (Å²) in [6, 6.07) is 25.3. The number of anilines is 2. The first kappa shape index (κ1) is 20.7. The lowest BCUT2D eigenvalue weighted by atomic mass is 10.1. The van der Waals surface area contributed by atoms with Crippen molar-refractivity contribution in [1.29, 1.82) is 0 Å². The van der Waals surface area contributed by atoms with Crippen molar-refractivity contribution in [3.8, 4) is 22.0 Å². The van der Waals surface area contributed by atoms with E-state index in [2.05, 4.69) is 33.0 Å². The zero-order valence-corrected chi connectivity index (χ0v) is 19.3. The summed E-state index contributed by atoms with van der Waals surface area (Å²) in [5, 5.41) is 1.04. The van der Waals surface area contributed by atoms with Gasteiger partial charge in [0.15, 0.2) is 5.82 Å². The van der Waals surface area contributed by atoms with Crippen molar-refractivity contribution in [1.82, 2.24) is 15.0 Å². The standard InChI is InChI=1S/C27H22FN5S/c28-21-10-4-5-12-23(21)32-14-16-33(17-15-32)26-20-18-24(19-8-2-1-3-9-19)34-27(20)31-25(30-26)22-11-6-7-13-29-22/h1-13,18H,14-17H2. The predicted octanol–water partition coefficient (Wildman–Crippen LogP) is 5.89. The first-order valence-electron chi connectivity index (χ1n) is 11.3. The Morgan fingerprint density at radius 3 is 2.26 bits per heavy atom. The molecule has 0 saturated carbocycles. The largest absolute Gasteiger partial charge is 0.366 e. The molecular weight excluding hydrogens is 445 g/mol. The molecule has 3 aromatic heterocycles. The van der Waals surface area contributed by atoms with Gasteiger partial charge in [0.25, 0.3) is 0 Å². The molecule has 168 valence electrons. The monoisotopic (exact) mass is 467 g/mol. The Morgan fingerprint density at radius 2 is 1.50 bits per heavy atom. The number of hydrogen-bond donors (Lipinski definition) is 0. The van der Waals surface area contributed by atoms with E-state index in [9.17, 15) is 4.39 Å². The smallest absolute Gasteiger partial charge is 0.181 e. The van der Waals surface area contributed by atoms with Gasteiger partial charge < -0.3 is 9.80 Å². The fraction of sp³-hybridized carbons (Fsp3) is 0.148. The van der Waals surface area contributed by atoms with Gasteiger partial charge in [-0.2, -0.15) is 0 Å². The average molecular weight is 468 g/mol. The maximum absolute atomic E-state index is 14.3. The van der Waals surface area contributed by atoms with Gasteiger partial charge in [0.1, 0.15) is 22.2 Å². The van der Waals surface area contributed by atoms with Crippen molar-refractivity contribution in [2.45, 2.75) is 0 Å². The minimum Gasteiger partial charge on any atom is -0.366 e. The Bertz CT molecular complexity index is 1430. The normalized spacial score (nSPS) is 14.0. The highest BCUT2D eigenvalue weighted by atomic mass is 32.1. The van der Waals surface area contributed by atoms with Gasteiger partial charge in [-0.1, -0.05) is 48.5 Å². The second kappa shape index (κ2) is 8.83. The Labute approximate surface area is 201 Å². The van der Waals surface area contributed by atoms with Crippen molar-refractivity contribution in [2.24, 2.45) is 0 Å². The van der Waals surface area contributed by atoms with Crippen LogP contribution in [-0.4, -0.2) is 41.1 Å². The molecule has 4 heterocycles. The molecule has 5 nitrogen and oxygen atoms in total. The van der Waals surface area contributed by atoms with Crippen LogP contribution in [-0.2, 0) is 0 Å². The number of benzene rings is 2. The summed E-state index contributed by atoms with van der Waals surface area (Å²) in [6.07, 6.45) is 1.76. The predicted molar refractivity (Wildman–Crippen MR) is 137 cm³/mol. The summed E-state index contributed by atoms with van der Waals surface area (Å²) >= 11 is 1.67. The Kier molecular flexibility index (Phi) is 5.39. The minimum absolute atomic E-state index is 0.178. The summed E-state index contributed by atoms with van der Waals surface area (Å²) in [5.41, 5.74) is 2.58. The molecule has 0 spiro atoms. The second-order valence-corrected chi connectivity index (χ2v) is 9.24. The van der Waals surface area contributed by atoms with Gasteiger partial charge >= 0.3 is 0 Å². The van der Waals surface area contributed by atoms with E-state index in [4.69, 9.17) is 9.97 Å². The number of hydrogen-bond acceptors (Lipinski definition) is 6. The number of piperazine rings is 1. The quantitative estimate of drug-likeness (QED) is 0.330. The number of rotatable bonds is 4. The van der Waals surface area contributed by atoms with Crippen LogP contribution in [0.3, 0.4) is 0 Å². The topological polar surface area (TPSA) is 45.2 Å². The lowest BCUT2D eigenvalue weighted by Gasteiger charge is -2.37. The summed E-state index contributed by atoms with van der Waals surface area (Å²) in [5.74, 6) is 1.36. The van der Waals surface area contributed by atoms with Crippen LogP contribution in [0.25, 0.3) is 32.2 Å². The van der Waals surface area contributed by atoms with Crippen molar-refractivity contribution in [3.63, 3.8) is 0 Å². The molecule has 0 aliphatic carbocycles. The van der Waals surface area contributed by atoms with Gasteiger partial charge in [0.2, 0.25) is 0 Å². The molecule has 0 N–H and O–H groups in total. The number of thiophene rings is 1. The van der Waals surface area contributed by atoms with Crippen LogP contribution in [0.4, 0.5) is 15.9 Å². The van der Waals surface area contributed by atoms with Crippen molar-refractivity contribution in [3.05, 3.63) is 90.9 Å². The van der Waals surface area contributed by atoms with E-state index in [1.807, 2.05) is 48.5 Å². The lowest BCUT2D eigenvalue weighted by molar-refractivity contribution is 0.597. The number of aromatic nitrogens is 3. The van der Waals surface area contributed by atoms with Gasteiger partial charge in [-0.3, -0.25) is 4.98 Å². The fourth-order valence-electron chi connectivity index (χ4n) is 4.37. The van der Waals surface area contributed by atoms with Crippen molar-refractivity contribution < 1.29 is 4.39 Å². The number of nitrogens with zero attached hydrogens (tertiary/aromatic N) is 5. The maximum atomic E-state index is 14.3. The summed E-state index contributed by atoms with van der Waals surface area (Å²) in [6.45, 7) is 2.94. The third kappa shape index (κ3) is 3.88. The van der Waals surface area contributed by atoms with E-state index in [1.165, 1.54) is 11.6 Å². The zero-order chi connectivity index (χ0) is 22.9. The zero-order valence-electron chi connectivity index (χ0n) is 18.4. The SMILES string of the molecule is Fc1ccccc1N1CCN(c2nc(-c3ccccn3)nc3sc(-c4ccccc4)cc23)CC1. The highest BCUT2D eigenvalue weighted by Gasteiger charge is 2.24. The molecule has 1 aliphatic heterocycles. The van der Waals surface area contributed by atoms with Gasteiger partial charge in [0.05, 0.1) is 11.1 Å². The Balaban J connectivity index is 1.39. The molecule has 0 unspecified atom stereocenters. The van der Waals surface area contributed by atoms with Crippen molar-refractivity contribution >= 4 is 33.1 Å². The molecule has 1 saturated heterocycles. The minimum atomic E-state index is -0.178. The number of pyridine rings is 1. The molecule has 0 bridgehead atoms. The van der Waals surface area contributed by atoms with Crippen LogP contribution >= 0.6 is 11.3 Å². The van der Waals surface area contributed by atoms with Crippen LogP contribution in [0.1, 0.15) is 0 Å². The fourth-order valence-corrected chi connectivity index (χ4v) is 5.40. The third-order valence-corrected chi connectivity index (χ3v) is 7.18. The lowest BCUT2D eigenvalue weighted by Crippen LogP contribution is -2.47. The third-order valence-electron chi connectivity index (χ3n) is 6.10. The van der Waals surface area contributed by atoms with Crippen LogP contribution in [0.15, 0.2) is 85.1 Å². The summed E-state index contributed by atoms with van der Waals surface area (Å²) < 4.78 is 14.3. The molecule has 1 aliphatic rings. The average Bonchev–Trinajstić information content (AvgIpc) is 3.34. The molecule has 7 heteroatoms. The summed E-state index contributed by atoms with van der Waals surface area (Å²) in [4.78, 5) is 20.8. The van der Waals surface area contributed by atoms with Gasteiger partial charge in [0, 0.05) is 37.3 Å². The molecule has 34 heavy (non-hydrogen) atoms. The second-order valence-electron chi connectivity index (χ2n) is 8.21. The highest BCUT2D eigenvalue weighted by Crippen LogP contribution is 2.38. The van der Waals surface area contributed by atoms with E-state index in [0.717, 1.165) is 52.8 Å². The first-order valence-corrected chi connectivity index (χ1v) is 12.1. The van der Waals surface area contributed by atoms with Gasteiger partial charge in [-0.15, -0.1) is 11.3 Å². The number of para-hydroxylation sites is 1. The van der Waals surface area contributed by atoms with Crippen LogP contribution < -0.4 is 9.80 Å². The Hall–Kier alpha value is -3.84. The molecule has 6 rings (SSSR count). The van der Waals surface area contributed by atoms with E-state index < -0.39 is 0 Å². The van der Waals surface area contributed by atoms with Crippen LogP contribution in [0.2, 0.25) is 0 Å². The van der Waals surface area contributed by atoms with E-state index >= 15 is 0 Å². The van der Waals surface area contributed by atoms with Gasteiger partial charge in [-0.05, 0) is 35.9 Å². The molecular formula is C27H22FN5S. The molecule has 0 radical (unpaired) electrons. The molecule has 0 atom stereocenters. The van der Waals surface area contributed by atoms with E-state index in [1.54, 1.807) is 23.6 Å². The summed E-state index contributed by atoms with van der Waals surface area (Å²) in [7, 11) is 0.